The maximum atomic E-state index is 4.79. The number of aryl methyl sites for hydroxylation is 1. The van der Waals surface area contributed by atoms with Crippen LogP contribution in [0.1, 0.15) is 28.7 Å². The van der Waals surface area contributed by atoms with Gasteiger partial charge < -0.3 is 4.48 Å². The Bertz CT molecular complexity index is 2110. The van der Waals surface area contributed by atoms with Crippen LogP contribution >= 0.6 is 28.7 Å². The molecule has 244 valence electrons. The van der Waals surface area contributed by atoms with Gasteiger partial charge in [-0.15, -0.1) is 17.0 Å². The second-order valence-electron chi connectivity index (χ2n) is 13.2. The summed E-state index contributed by atoms with van der Waals surface area (Å²) in [5.41, 5.74) is 13.5. The molecule has 0 bridgehead atoms. The van der Waals surface area contributed by atoms with E-state index in [1.54, 1.807) is 0 Å². The van der Waals surface area contributed by atoms with E-state index < -0.39 is 0 Å². The lowest BCUT2D eigenvalue weighted by Gasteiger charge is -2.22. The van der Waals surface area contributed by atoms with E-state index in [1.807, 2.05) is 0 Å². The molecule has 0 aliphatic rings. The fourth-order valence-electron chi connectivity index (χ4n) is 6.39. The monoisotopic (exact) mass is 724 g/mol. The summed E-state index contributed by atoms with van der Waals surface area (Å²) in [5, 5.41) is 0. The van der Waals surface area contributed by atoms with Crippen molar-refractivity contribution < 1.29 is 9.05 Å². The smallest absolute Gasteiger partial charge is 0.169 e. The van der Waals surface area contributed by atoms with Gasteiger partial charge in [0.25, 0.3) is 0 Å². The molecule has 4 nitrogen and oxygen atoms in total. The van der Waals surface area contributed by atoms with Crippen molar-refractivity contribution in [3.05, 3.63) is 174 Å². The number of rotatable bonds is 10. The molecule has 0 spiro atoms. The first-order chi connectivity index (χ1) is 23.4. The highest BCUT2D eigenvalue weighted by Crippen LogP contribution is 2.39. The molecule has 0 aliphatic heterocycles. The SMILES string of the molecule is Br.C[N+](C)(C)CCC[n+]1ccc(-c2ccc(-c3ccc(C(=C(c4ccccc4)c4ccccc4)c4ccccc4)cc3)c3nsnc23)cc1. The van der Waals surface area contributed by atoms with E-state index in [2.05, 4.69) is 178 Å². The van der Waals surface area contributed by atoms with Crippen LogP contribution in [0.25, 0.3) is 44.4 Å². The second-order valence-corrected chi connectivity index (χ2v) is 13.8. The van der Waals surface area contributed by atoms with Gasteiger partial charge in [-0.05, 0) is 44.5 Å². The third kappa shape index (κ3) is 7.78. The van der Waals surface area contributed by atoms with Gasteiger partial charge in [-0.1, -0.05) is 127 Å². The molecule has 0 atom stereocenters. The number of fused-ring (bicyclic) bond motifs is 1. The summed E-state index contributed by atoms with van der Waals surface area (Å²) in [7, 11) is 6.73. The Morgan fingerprint density at radius 3 is 1.37 bits per heavy atom. The molecule has 2 heterocycles. The lowest BCUT2D eigenvalue weighted by Crippen LogP contribution is -2.39. The van der Waals surface area contributed by atoms with Crippen molar-refractivity contribution in [2.75, 3.05) is 27.7 Å². The molecular formula is C43H41BrN4S+2. The Morgan fingerprint density at radius 1 is 0.531 bits per heavy atom. The van der Waals surface area contributed by atoms with Crippen molar-refractivity contribution in [2.24, 2.45) is 0 Å². The van der Waals surface area contributed by atoms with Crippen molar-refractivity contribution in [3.63, 3.8) is 0 Å². The highest BCUT2D eigenvalue weighted by atomic mass is 79.9. The van der Waals surface area contributed by atoms with Gasteiger partial charge in [0.05, 0.1) is 45.8 Å². The van der Waals surface area contributed by atoms with E-state index in [4.69, 9.17) is 8.75 Å². The number of halogens is 1. The average Bonchev–Trinajstić information content (AvgIpc) is 3.62. The Kier molecular flexibility index (Phi) is 10.6. The summed E-state index contributed by atoms with van der Waals surface area (Å²) in [6.07, 6.45) is 5.50. The van der Waals surface area contributed by atoms with Crippen molar-refractivity contribution in [2.45, 2.75) is 13.0 Å². The van der Waals surface area contributed by atoms with Gasteiger partial charge in [-0.25, -0.2) is 4.57 Å². The maximum absolute atomic E-state index is 4.79. The van der Waals surface area contributed by atoms with Crippen molar-refractivity contribution >= 4 is 50.9 Å². The quantitative estimate of drug-likeness (QED) is 0.0799. The fourth-order valence-corrected chi connectivity index (χ4v) is 6.96. The Balaban J connectivity index is 0.00000417. The van der Waals surface area contributed by atoms with Gasteiger partial charge >= 0.3 is 0 Å². The summed E-state index contributed by atoms with van der Waals surface area (Å²) >= 11 is 1.28. The normalized spacial score (nSPS) is 11.2. The number of aromatic nitrogens is 3. The molecule has 0 saturated carbocycles. The number of hydrogen-bond donors (Lipinski definition) is 0. The summed E-state index contributed by atoms with van der Waals surface area (Å²) < 4.78 is 12.8. The van der Waals surface area contributed by atoms with E-state index in [9.17, 15) is 0 Å². The molecule has 7 aromatic rings. The summed E-state index contributed by atoms with van der Waals surface area (Å²) in [5.74, 6) is 0. The van der Waals surface area contributed by atoms with Crippen LogP contribution in [-0.4, -0.2) is 40.9 Å². The Labute approximate surface area is 304 Å². The number of nitrogens with zero attached hydrogens (tertiary/aromatic N) is 4. The fraction of sp³-hybridized carbons (Fsp3) is 0.140. The van der Waals surface area contributed by atoms with Crippen LogP contribution in [0.4, 0.5) is 0 Å². The van der Waals surface area contributed by atoms with Crippen molar-refractivity contribution in [1.29, 1.82) is 0 Å². The molecular weight excluding hydrogens is 684 g/mol. The second kappa shape index (κ2) is 15.2. The minimum Gasteiger partial charge on any atom is -0.331 e. The third-order valence-electron chi connectivity index (χ3n) is 8.78. The van der Waals surface area contributed by atoms with Crippen LogP contribution < -0.4 is 4.57 Å². The predicted octanol–water partition coefficient (Wildman–Crippen LogP) is 9.99. The molecule has 0 unspecified atom stereocenters. The number of pyridine rings is 1. The molecule has 6 heteroatoms. The van der Waals surface area contributed by atoms with Crippen molar-refractivity contribution in [3.8, 4) is 22.3 Å². The zero-order chi connectivity index (χ0) is 32.9. The zero-order valence-corrected chi connectivity index (χ0v) is 30.7. The van der Waals surface area contributed by atoms with Gasteiger partial charge in [0.1, 0.15) is 11.0 Å². The molecule has 2 aromatic heterocycles. The molecule has 7 rings (SSSR count). The van der Waals surface area contributed by atoms with Gasteiger partial charge in [0.15, 0.2) is 18.9 Å². The van der Waals surface area contributed by atoms with E-state index >= 15 is 0 Å². The van der Waals surface area contributed by atoms with Crippen LogP contribution in [0.5, 0.6) is 0 Å². The van der Waals surface area contributed by atoms with Crippen LogP contribution in [0, 0.1) is 0 Å². The van der Waals surface area contributed by atoms with Crippen LogP contribution in [-0.2, 0) is 6.54 Å². The molecule has 0 N–H and O–H groups in total. The van der Waals surface area contributed by atoms with Crippen molar-refractivity contribution in [1.82, 2.24) is 8.75 Å². The summed E-state index contributed by atoms with van der Waals surface area (Å²) in [6.45, 7) is 2.16. The molecule has 0 fully saturated rings. The van der Waals surface area contributed by atoms with Gasteiger partial charge in [-0.3, -0.25) is 0 Å². The van der Waals surface area contributed by atoms with E-state index in [1.165, 1.54) is 39.6 Å². The van der Waals surface area contributed by atoms with E-state index in [-0.39, 0.29) is 17.0 Å². The minimum absolute atomic E-state index is 0. The number of quaternary nitrogens is 1. The van der Waals surface area contributed by atoms with Crippen LogP contribution in [0.2, 0.25) is 0 Å². The first-order valence-electron chi connectivity index (χ1n) is 16.5. The maximum Gasteiger partial charge on any atom is 0.169 e. The molecule has 49 heavy (non-hydrogen) atoms. The topological polar surface area (TPSA) is 29.7 Å². The van der Waals surface area contributed by atoms with E-state index in [0.29, 0.717) is 0 Å². The summed E-state index contributed by atoms with van der Waals surface area (Å²) in [6, 6.07) is 49.8. The van der Waals surface area contributed by atoms with Gasteiger partial charge in [0, 0.05) is 23.3 Å². The molecule has 0 radical (unpaired) electrons. The van der Waals surface area contributed by atoms with Crippen LogP contribution in [0.15, 0.2) is 152 Å². The molecule has 0 amide bonds. The lowest BCUT2D eigenvalue weighted by molar-refractivity contribution is -0.873. The van der Waals surface area contributed by atoms with Gasteiger partial charge in [-0.2, -0.15) is 8.75 Å². The molecule has 0 aliphatic carbocycles. The average molecular weight is 726 g/mol. The largest absolute Gasteiger partial charge is 0.331 e. The van der Waals surface area contributed by atoms with Crippen LogP contribution in [0.3, 0.4) is 0 Å². The predicted molar refractivity (Wildman–Crippen MR) is 211 cm³/mol. The summed E-state index contributed by atoms with van der Waals surface area (Å²) in [4.78, 5) is 0. The Hall–Kier alpha value is -4.75. The first-order valence-corrected chi connectivity index (χ1v) is 17.2. The number of hydrogen-bond acceptors (Lipinski definition) is 3. The minimum atomic E-state index is 0. The molecule has 0 saturated heterocycles. The zero-order valence-electron chi connectivity index (χ0n) is 28.2. The van der Waals surface area contributed by atoms with Gasteiger partial charge in [0.2, 0.25) is 0 Å². The standard InChI is InChI=1S/C43H40N4S.BrH/c1-47(2,3)31-13-28-46-29-26-33(27-30-46)39-25-24-38(42-43(39)45-48-44-42)32-20-22-37(23-21-32)41(36-18-11-6-12-19-36)40(34-14-7-4-8-15-34)35-16-9-5-10-17-35;/h4-12,14-27,29-30H,13,28,31H2,1-3H3;1H/q+2;. The lowest BCUT2D eigenvalue weighted by atomic mass is 9.85. The highest BCUT2D eigenvalue weighted by Gasteiger charge is 2.18. The number of benzene rings is 5. The Morgan fingerprint density at radius 2 is 0.939 bits per heavy atom. The molecule has 5 aromatic carbocycles. The third-order valence-corrected chi connectivity index (χ3v) is 9.31. The van der Waals surface area contributed by atoms with E-state index in [0.717, 1.165) is 62.8 Å². The first kappa shape index (κ1) is 34.1. The highest BCUT2D eigenvalue weighted by molar-refractivity contribution is 8.93.